The number of likely N-dealkylation sites (tertiary alicyclic amines) is 2. The first-order valence-electron chi connectivity index (χ1n) is 13.4. The van der Waals surface area contributed by atoms with Gasteiger partial charge in [-0.2, -0.15) is 0 Å². The Morgan fingerprint density at radius 1 is 1.03 bits per heavy atom. The van der Waals surface area contributed by atoms with Gasteiger partial charge in [-0.3, -0.25) is 0 Å². The number of piperidine rings is 2. The van der Waals surface area contributed by atoms with Gasteiger partial charge in [-0.15, -0.1) is 0 Å². The van der Waals surface area contributed by atoms with Gasteiger partial charge in [0, 0.05) is 24.0 Å². The molecular formula is C30H41Cl2N3O. The largest absolute Gasteiger partial charge is 0.333 e. The summed E-state index contributed by atoms with van der Waals surface area (Å²) in [6.45, 7) is 10.9. The molecule has 1 N–H and O–H groups in total. The molecule has 4 rings (SSSR count). The normalized spacial score (nSPS) is 22.0. The van der Waals surface area contributed by atoms with Gasteiger partial charge in [-0.05, 0) is 108 Å². The molecule has 1 atom stereocenters. The number of nitrogens with one attached hydrogen (secondary N) is 1. The third kappa shape index (κ3) is 7.18. The van der Waals surface area contributed by atoms with Crippen molar-refractivity contribution in [1.82, 2.24) is 15.1 Å². The van der Waals surface area contributed by atoms with E-state index in [1.54, 1.807) is 0 Å². The molecule has 2 saturated heterocycles. The van der Waals surface area contributed by atoms with Crippen molar-refractivity contribution in [1.29, 1.82) is 0 Å². The van der Waals surface area contributed by atoms with Crippen molar-refractivity contribution in [2.75, 3.05) is 32.7 Å². The highest BCUT2D eigenvalue weighted by molar-refractivity contribution is 6.42. The lowest BCUT2D eigenvalue weighted by Crippen LogP contribution is -2.55. The molecule has 0 bridgehead atoms. The Morgan fingerprint density at radius 2 is 1.75 bits per heavy atom. The number of urea groups is 1. The van der Waals surface area contributed by atoms with Crippen LogP contribution in [0.3, 0.4) is 0 Å². The number of nitrogens with zero attached hydrogens (tertiary/aromatic N) is 2. The third-order valence-electron chi connectivity index (χ3n) is 7.86. The lowest BCUT2D eigenvalue weighted by Gasteiger charge is -2.45. The number of carbonyl (C=O) groups excluding carboxylic acids is 1. The van der Waals surface area contributed by atoms with Crippen LogP contribution in [0.1, 0.15) is 64.0 Å². The average molecular weight is 531 g/mol. The minimum Gasteiger partial charge on any atom is -0.333 e. The van der Waals surface area contributed by atoms with Crippen molar-refractivity contribution in [2.45, 2.75) is 70.3 Å². The highest BCUT2D eigenvalue weighted by Crippen LogP contribution is 2.40. The van der Waals surface area contributed by atoms with Crippen LogP contribution < -0.4 is 5.32 Å². The molecular weight excluding hydrogens is 489 g/mol. The Labute approximate surface area is 227 Å². The highest BCUT2D eigenvalue weighted by atomic mass is 35.5. The maximum absolute atomic E-state index is 13.1. The third-order valence-corrected chi connectivity index (χ3v) is 8.60. The number of halogens is 2. The molecule has 196 valence electrons. The van der Waals surface area contributed by atoms with E-state index in [0.717, 1.165) is 51.4 Å². The van der Waals surface area contributed by atoms with Gasteiger partial charge in [-0.25, -0.2) is 4.79 Å². The van der Waals surface area contributed by atoms with Gasteiger partial charge in [-0.1, -0.05) is 59.6 Å². The summed E-state index contributed by atoms with van der Waals surface area (Å²) in [6.07, 6.45) is 6.71. The maximum atomic E-state index is 13.1. The van der Waals surface area contributed by atoms with E-state index >= 15 is 0 Å². The molecule has 2 amide bonds. The summed E-state index contributed by atoms with van der Waals surface area (Å²) in [5, 5.41) is 4.33. The highest BCUT2D eigenvalue weighted by Gasteiger charge is 2.40. The quantitative estimate of drug-likeness (QED) is 0.430. The van der Waals surface area contributed by atoms with Crippen LogP contribution in [0.4, 0.5) is 4.79 Å². The van der Waals surface area contributed by atoms with E-state index in [9.17, 15) is 4.79 Å². The lowest BCUT2D eigenvalue weighted by atomic mass is 9.71. The van der Waals surface area contributed by atoms with E-state index in [1.165, 1.54) is 30.4 Å². The Hall–Kier alpha value is -1.75. The van der Waals surface area contributed by atoms with Gasteiger partial charge in [0.2, 0.25) is 0 Å². The van der Waals surface area contributed by atoms with Crippen LogP contribution in [-0.4, -0.2) is 54.1 Å². The minimum atomic E-state index is -0.259. The molecule has 4 nitrogen and oxygen atoms in total. The number of carbonyl (C=O) groups is 1. The molecule has 0 aromatic heterocycles. The number of rotatable bonds is 6. The standard InChI is InChI=1S/C30H41Cl2N3O/c1-29(2,3)33-28(36)35-16-7-14-30(22-35,25-10-11-26(31)27(32)21-25)15-19-34-17-12-24(13-18-34)20-23-8-5-4-6-9-23/h4-6,8-11,21,24H,7,12-20,22H2,1-3H3,(H,33,36). The summed E-state index contributed by atoms with van der Waals surface area (Å²) in [4.78, 5) is 17.7. The molecule has 2 aliphatic rings. The molecule has 0 spiro atoms. The van der Waals surface area contributed by atoms with Gasteiger partial charge in [0.05, 0.1) is 10.0 Å². The zero-order chi connectivity index (χ0) is 25.8. The summed E-state index contributed by atoms with van der Waals surface area (Å²) < 4.78 is 0. The fraction of sp³-hybridized carbons (Fsp3) is 0.567. The summed E-state index contributed by atoms with van der Waals surface area (Å²) >= 11 is 12.7. The molecule has 0 aliphatic carbocycles. The zero-order valence-electron chi connectivity index (χ0n) is 22.0. The summed E-state index contributed by atoms with van der Waals surface area (Å²) in [6, 6.07) is 16.9. The fourth-order valence-corrected chi connectivity index (χ4v) is 6.15. The van der Waals surface area contributed by atoms with Crippen LogP contribution in [0.25, 0.3) is 0 Å². The van der Waals surface area contributed by atoms with Crippen LogP contribution in [0.2, 0.25) is 10.0 Å². The molecule has 2 fully saturated rings. The van der Waals surface area contributed by atoms with E-state index in [1.807, 2.05) is 37.8 Å². The predicted octanol–water partition coefficient (Wildman–Crippen LogP) is 7.18. The van der Waals surface area contributed by atoms with Crippen LogP contribution in [-0.2, 0) is 11.8 Å². The molecule has 1 unspecified atom stereocenters. The van der Waals surface area contributed by atoms with Crippen LogP contribution in [0.5, 0.6) is 0 Å². The van der Waals surface area contributed by atoms with Crippen LogP contribution in [0, 0.1) is 5.92 Å². The second kappa shape index (κ2) is 11.8. The minimum absolute atomic E-state index is 0.0216. The Kier molecular flexibility index (Phi) is 8.91. The predicted molar refractivity (Wildman–Crippen MR) is 151 cm³/mol. The first-order chi connectivity index (χ1) is 17.1. The van der Waals surface area contributed by atoms with Crippen molar-refractivity contribution in [3.63, 3.8) is 0 Å². The van der Waals surface area contributed by atoms with Crippen LogP contribution in [0.15, 0.2) is 48.5 Å². The monoisotopic (exact) mass is 529 g/mol. The Morgan fingerprint density at radius 3 is 2.42 bits per heavy atom. The van der Waals surface area contributed by atoms with E-state index in [0.29, 0.717) is 16.6 Å². The second-order valence-electron chi connectivity index (χ2n) is 11.8. The first-order valence-corrected chi connectivity index (χ1v) is 14.2. The van der Waals surface area contributed by atoms with Gasteiger partial charge < -0.3 is 15.1 Å². The van der Waals surface area contributed by atoms with Crippen molar-refractivity contribution >= 4 is 29.2 Å². The van der Waals surface area contributed by atoms with Crippen molar-refractivity contribution in [3.05, 3.63) is 69.7 Å². The van der Waals surface area contributed by atoms with E-state index in [2.05, 4.69) is 46.6 Å². The van der Waals surface area contributed by atoms with Crippen molar-refractivity contribution in [2.24, 2.45) is 5.92 Å². The fourth-order valence-electron chi connectivity index (χ4n) is 5.85. The van der Waals surface area contributed by atoms with E-state index in [-0.39, 0.29) is 17.0 Å². The smallest absolute Gasteiger partial charge is 0.317 e. The molecule has 0 saturated carbocycles. The molecule has 2 aliphatic heterocycles. The lowest BCUT2D eigenvalue weighted by molar-refractivity contribution is 0.119. The number of hydrogen-bond donors (Lipinski definition) is 1. The van der Waals surface area contributed by atoms with E-state index in [4.69, 9.17) is 23.2 Å². The molecule has 36 heavy (non-hydrogen) atoms. The molecule has 2 aromatic rings. The molecule has 6 heteroatoms. The topological polar surface area (TPSA) is 35.6 Å². The second-order valence-corrected chi connectivity index (χ2v) is 12.7. The summed E-state index contributed by atoms with van der Waals surface area (Å²) in [5.41, 5.74) is 2.27. The maximum Gasteiger partial charge on any atom is 0.317 e. The van der Waals surface area contributed by atoms with Crippen LogP contribution >= 0.6 is 23.2 Å². The number of hydrogen-bond acceptors (Lipinski definition) is 2. The Balaban J connectivity index is 1.43. The van der Waals surface area contributed by atoms with Gasteiger partial charge in [0.1, 0.15) is 0 Å². The first kappa shape index (κ1) is 27.3. The van der Waals surface area contributed by atoms with Gasteiger partial charge >= 0.3 is 6.03 Å². The summed E-state index contributed by atoms with van der Waals surface area (Å²) in [5.74, 6) is 0.763. The SMILES string of the molecule is CC(C)(C)NC(=O)N1CCCC(CCN2CCC(Cc3ccccc3)CC2)(c2ccc(Cl)c(Cl)c2)C1. The zero-order valence-corrected chi connectivity index (χ0v) is 23.5. The van der Waals surface area contributed by atoms with Crippen molar-refractivity contribution < 1.29 is 4.79 Å². The summed E-state index contributed by atoms with van der Waals surface area (Å²) in [7, 11) is 0. The Bertz CT molecular complexity index is 1010. The number of amides is 2. The van der Waals surface area contributed by atoms with Gasteiger partial charge in [0.15, 0.2) is 0 Å². The molecule has 2 heterocycles. The van der Waals surface area contributed by atoms with Crippen molar-refractivity contribution in [3.8, 4) is 0 Å². The molecule has 2 aromatic carbocycles. The number of benzene rings is 2. The van der Waals surface area contributed by atoms with E-state index < -0.39 is 0 Å². The average Bonchev–Trinajstić information content (AvgIpc) is 2.85. The van der Waals surface area contributed by atoms with Gasteiger partial charge in [0.25, 0.3) is 0 Å². The molecule has 0 radical (unpaired) electrons.